The molecule has 3 aromatic rings. The minimum atomic E-state index is -0.902. The van der Waals surface area contributed by atoms with E-state index in [1.54, 1.807) is 6.07 Å². The Morgan fingerprint density at radius 1 is 0.963 bits per heavy atom. The molecule has 10 N–H and O–H groups in total. The highest BCUT2D eigenvalue weighted by Gasteiger charge is 2.42. The molecular formula is C43H68N4O7. The second kappa shape index (κ2) is 21.4. The Morgan fingerprint density at radius 3 is 2.56 bits per heavy atom. The molecule has 2 aromatic heterocycles. The first-order valence-electron chi connectivity index (χ1n) is 20.7. The molecule has 11 heteroatoms. The lowest BCUT2D eigenvalue weighted by molar-refractivity contribution is 0.103. The Balaban J connectivity index is 1.16. The molecule has 0 bridgehead atoms. The number of aromatic hydroxyl groups is 1. The van der Waals surface area contributed by atoms with Gasteiger partial charge >= 0.3 is 0 Å². The number of ether oxygens (including phenoxy) is 1. The van der Waals surface area contributed by atoms with Gasteiger partial charge in [0, 0.05) is 67.5 Å². The number of aliphatic hydroxyl groups is 4. The summed E-state index contributed by atoms with van der Waals surface area (Å²) in [5, 5.41) is 58.1. The number of nitrogens with one attached hydrogen (secondary N) is 3. The molecule has 7 atom stereocenters. The number of rotatable bonds is 24. The van der Waals surface area contributed by atoms with Crippen molar-refractivity contribution >= 4 is 0 Å². The number of furan rings is 1. The maximum Gasteiger partial charge on any atom is 0.161 e. The second-order valence-corrected chi connectivity index (χ2v) is 16.0. The summed E-state index contributed by atoms with van der Waals surface area (Å²) in [4.78, 5) is 3.57. The molecule has 302 valence electrons. The summed E-state index contributed by atoms with van der Waals surface area (Å²) in [5.41, 5.74) is 11.1. The van der Waals surface area contributed by atoms with Crippen molar-refractivity contribution in [2.75, 3.05) is 33.4 Å². The van der Waals surface area contributed by atoms with Gasteiger partial charge in [-0.3, -0.25) is 0 Å². The lowest BCUT2D eigenvalue weighted by atomic mass is 9.76. The van der Waals surface area contributed by atoms with Crippen molar-refractivity contribution in [3.8, 4) is 11.5 Å². The Morgan fingerprint density at radius 2 is 1.78 bits per heavy atom. The predicted molar refractivity (Wildman–Crippen MR) is 212 cm³/mol. The predicted octanol–water partition coefficient (Wildman–Crippen LogP) is 5.30. The number of hydrogen-bond donors (Lipinski definition) is 9. The van der Waals surface area contributed by atoms with Gasteiger partial charge < -0.3 is 56.0 Å². The summed E-state index contributed by atoms with van der Waals surface area (Å²) in [5.74, 6) is 3.52. The molecule has 0 spiro atoms. The number of phenols is 1. The minimum absolute atomic E-state index is 0.00866. The lowest BCUT2D eigenvalue weighted by Crippen LogP contribution is -2.47. The zero-order chi connectivity index (χ0) is 38.5. The van der Waals surface area contributed by atoms with E-state index in [0.29, 0.717) is 37.0 Å². The normalized spacial score (nSPS) is 20.6. The topological polar surface area (TPSA) is 189 Å². The van der Waals surface area contributed by atoms with Crippen LogP contribution in [0.3, 0.4) is 0 Å². The van der Waals surface area contributed by atoms with Crippen molar-refractivity contribution in [1.29, 1.82) is 0 Å². The fraction of sp³-hybridized carbons (Fsp3) is 0.674. The number of likely N-dealkylation sites (N-methyl/N-ethyl adjacent to an activating group) is 1. The molecule has 0 aliphatic heterocycles. The molecule has 1 aromatic carbocycles. The first-order chi connectivity index (χ1) is 26.2. The Hall–Kier alpha value is -2.90. The van der Waals surface area contributed by atoms with Gasteiger partial charge in [-0.2, -0.15) is 0 Å². The van der Waals surface area contributed by atoms with Crippen LogP contribution in [-0.4, -0.2) is 82.1 Å². The third-order valence-electron chi connectivity index (χ3n) is 11.8. The Kier molecular flexibility index (Phi) is 16.8. The van der Waals surface area contributed by atoms with Gasteiger partial charge in [-0.05, 0) is 113 Å². The van der Waals surface area contributed by atoms with Crippen molar-refractivity contribution in [2.24, 2.45) is 17.6 Å². The van der Waals surface area contributed by atoms with Crippen LogP contribution >= 0.6 is 0 Å². The fourth-order valence-electron chi connectivity index (χ4n) is 8.96. The zero-order valence-corrected chi connectivity index (χ0v) is 32.7. The van der Waals surface area contributed by atoms with Crippen LogP contribution in [0.25, 0.3) is 0 Å². The van der Waals surface area contributed by atoms with Crippen molar-refractivity contribution in [3.05, 3.63) is 69.9 Å². The molecule has 1 fully saturated rings. The van der Waals surface area contributed by atoms with E-state index in [1.807, 2.05) is 32.2 Å². The van der Waals surface area contributed by atoms with Gasteiger partial charge in [0.15, 0.2) is 11.5 Å². The van der Waals surface area contributed by atoms with Crippen molar-refractivity contribution in [3.63, 3.8) is 0 Å². The second-order valence-electron chi connectivity index (χ2n) is 16.0. The van der Waals surface area contributed by atoms with E-state index in [2.05, 4.69) is 21.7 Å². The molecular weight excluding hydrogens is 684 g/mol. The molecule has 2 aliphatic rings. The number of fused-ring (bicyclic) bond motifs is 2. The SMILES string of the molecule is CNC[C@H](NC[C@H](C)O)[C@@H]1c2cc([C@@H](O)COc3cc(CCc4cc(CO)c(CCCCCC[C@H](N)CCCO)o4)ccc3O)[nH]c2CC[C@H]2CCC[C@@H]21. The molecule has 0 amide bonds. The first-order valence-corrected chi connectivity index (χ1v) is 20.7. The van der Waals surface area contributed by atoms with Gasteiger partial charge in [-0.15, -0.1) is 0 Å². The number of aromatic nitrogens is 1. The quantitative estimate of drug-likeness (QED) is 0.0544. The van der Waals surface area contributed by atoms with Gasteiger partial charge in [0.25, 0.3) is 0 Å². The maximum absolute atomic E-state index is 11.4. The van der Waals surface area contributed by atoms with Crippen molar-refractivity contribution in [2.45, 2.75) is 140 Å². The first kappa shape index (κ1) is 42.2. The van der Waals surface area contributed by atoms with Crippen LogP contribution in [0.15, 0.2) is 34.7 Å². The number of unbranched alkanes of at least 4 members (excludes halogenated alkanes) is 3. The number of phenolic OH excluding ortho intramolecular Hbond substituents is 1. The van der Waals surface area contributed by atoms with Crippen LogP contribution in [0.5, 0.6) is 11.5 Å². The van der Waals surface area contributed by atoms with E-state index in [-0.39, 0.29) is 43.6 Å². The third-order valence-corrected chi connectivity index (χ3v) is 11.8. The summed E-state index contributed by atoms with van der Waals surface area (Å²) < 4.78 is 12.2. The number of hydrogen-bond acceptors (Lipinski definition) is 10. The molecule has 0 unspecified atom stereocenters. The van der Waals surface area contributed by atoms with Gasteiger partial charge in [-0.25, -0.2) is 0 Å². The van der Waals surface area contributed by atoms with E-state index in [9.17, 15) is 20.4 Å². The smallest absolute Gasteiger partial charge is 0.161 e. The van der Waals surface area contributed by atoms with E-state index in [1.165, 1.54) is 30.5 Å². The van der Waals surface area contributed by atoms with Crippen LogP contribution in [0.4, 0.5) is 0 Å². The molecule has 5 rings (SSSR count). The zero-order valence-electron chi connectivity index (χ0n) is 32.7. The molecule has 2 heterocycles. The monoisotopic (exact) mass is 753 g/mol. The number of benzene rings is 1. The number of aromatic amines is 1. The summed E-state index contributed by atoms with van der Waals surface area (Å²) in [6.07, 6.45) is 13.4. The lowest BCUT2D eigenvalue weighted by Gasteiger charge is -2.35. The summed E-state index contributed by atoms with van der Waals surface area (Å²) in [7, 11) is 1.97. The standard InChI is InChI=1S/C43H68N4O7/c1-28(50)24-46-38(25-45-2)43-34-12-7-9-30(34)16-18-36-35(43)23-37(47-36)40(52)27-53-42-21-29(15-19-39(42)51)14-17-33-22-31(26-49)41(54-33)13-6-4-3-5-10-32(44)11-8-20-48/h15,19,21-23,28,30,32,34,38,40,43,45-52H,3-14,16-18,20,24-27,44H2,1-2H3/t28-,30+,32-,34-,38-,40-,43-/m0/s1. The summed E-state index contributed by atoms with van der Waals surface area (Å²) in [6, 6.07) is 9.72. The largest absolute Gasteiger partial charge is 0.504 e. The molecule has 1 saturated carbocycles. The Bertz CT molecular complexity index is 1540. The minimum Gasteiger partial charge on any atom is -0.504 e. The molecule has 0 radical (unpaired) electrons. The summed E-state index contributed by atoms with van der Waals surface area (Å²) >= 11 is 0. The van der Waals surface area contributed by atoms with E-state index < -0.39 is 12.2 Å². The highest BCUT2D eigenvalue weighted by Crippen LogP contribution is 2.49. The third kappa shape index (κ3) is 11.8. The van der Waals surface area contributed by atoms with Gasteiger partial charge in [0.1, 0.15) is 24.2 Å². The number of aryl methyl sites for hydroxylation is 4. The van der Waals surface area contributed by atoms with Crippen LogP contribution in [-0.2, 0) is 32.3 Å². The molecule has 0 saturated heterocycles. The maximum atomic E-state index is 11.4. The van der Waals surface area contributed by atoms with E-state index in [4.69, 9.17) is 20.0 Å². The fourth-order valence-corrected chi connectivity index (χ4v) is 8.96. The average Bonchev–Trinajstić information content (AvgIpc) is 3.89. The number of aliphatic hydroxyl groups excluding tert-OH is 4. The van der Waals surface area contributed by atoms with E-state index in [0.717, 1.165) is 99.1 Å². The highest BCUT2D eigenvalue weighted by molar-refractivity contribution is 5.42. The molecule has 54 heavy (non-hydrogen) atoms. The van der Waals surface area contributed by atoms with Crippen LogP contribution in [0.2, 0.25) is 0 Å². The molecule has 2 aliphatic carbocycles. The van der Waals surface area contributed by atoms with E-state index >= 15 is 0 Å². The summed E-state index contributed by atoms with van der Waals surface area (Å²) in [6.45, 7) is 3.27. The van der Waals surface area contributed by atoms with Crippen molar-refractivity contribution < 1.29 is 34.7 Å². The van der Waals surface area contributed by atoms with Gasteiger partial charge in [0.2, 0.25) is 0 Å². The van der Waals surface area contributed by atoms with Gasteiger partial charge in [-0.1, -0.05) is 38.2 Å². The van der Waals surface area contributed by atoms with Crippen LogP contribution in [0, 0.1) is 11.8 Å². The van der Waals surface area contributed by atoms with Gasteiger partial charge in [0.05, 0.1) is 12.7 Å². The average molecular weight is 753 g/mol. The van der Waals surface area contributed by atoms with Crippen molar-refractivity contribution in [1.82, 2.24) is 15.6 Å². The molecule has 11 nitrogen and oxygen atoms in total. The number of nitrogens with two attached hydrogens (primary N) is 1. The Labute approximate surface area is 322 Å². The van der Waals surface area contributed by atoms with Crippen LogP contribution in [0.1, 0.15) is 129 Å². The van der Waals surface area contributed by atoms with Crippen LogP contribution < -0.4 is 21.1 Å². The highest BCUT2D eigenvalue weighted by atomic mass is 16.5. The number of H-pyrrole nitrogens is 1.